The first-order valence-corrected chi connectivity index (χ1v) is 11.0. The third kappa shape index (κ3) is 4.92. The van der Waals surface area contributed by atoms with Crippen molar-refractivity contribution in [2.45, 2.75) is 44.7 Å². The van der Waals surface area contributed by atoms with Crippen LogP contribution in [0.3, 0.4) is 0 Å². The molecule has 4 atom stereocenters. The fourth-order valence-corrected chi connectivity index (χ4v) is 4.91. The van der Waals surface area contributed by atoms with Crippen LogP contribution in [0.2, 0.25) is 0 Å². The zero-order valence-electron chi connectivity index (χ0n) is 16.0. The van der Waals surface area contributed by atoms with Crippen LogP contribution in [0.1, 0.15) is 32.6 Å². The summed E-state index contributed by atoms with van der Waals surface area (Å²) in [6.45, 7) is 13.9. The van der Waals surface area contributed by atoms with Crippen molar-refractivity contribution < 1.29 is 0 Å². The van der Waals surface area contributed by atoms with E-state index in [0.29, 0.717) is 23.9 Å². The highest BCUT2D eigenvalue weighted by Crippen LogP contribution is 2.37. The second-order valence-electron chi connectivity index (χ2n) is 7.57. The van der Waals surface area contributed by atoms with Gasteiger partial charge in [-0.05, 0) is 66.5 Å². The maximum absolute atomic E-state index is 6.03. The van der Waals surface area contributed by atoms with E-state index in [-0.39, 0.29) is 0 Å². The molecule has 0 aromatic carbocycles. The van der Waals surface area contributed by atoms with Gasteiger partial charge in [0.05, 0.1) is 5.70 Å². The first-order valence-electron chi connectivity index (χ1n) is 9.76. The smallest absolute Gasteiger partial charge is 0.106 e. The van der Waals surface area contributed by atoms with E-state index in [0.717, 1.165) is 36.5 Å². The molecule has 2 aliphatic heterocycles. The number of allylic oxidation sites excluding steroid dienone is 3. The lowest BCUT2D eigenvalue weighted by Crippen LogP contribution is -2.52. The van der Waals surface area contributed by atoms with Gasteiger partial charge < -0.3 is 10.2 Å². The van der Waals surface area contributed by atoms with Crippen LogP contribution in [0.15, 0.2) is 56.6 Å². The Bertz CT molecular complexity index is 724. The highest BCUT2D eigenvalue weighted by Gasteiger charge is 2.38. The van der Waals surface area contributed by atoms with Crippen LogP contribution in [0.5, 0.6) is 0 Å². The Balaban J connectivity index is 1.94. The standard InChI is InChI=1S/C23H28IN3/c1-4-6-18(9-11-24)16-27(22(5-2)21-13-17(3)15-26-21)23-8-7-20-14-19(23)10-12-25-20/h2,4,6,11,13,15,17,19-20,23,25H,1,7-8,10,12,14,16H2,3H3/b11-9?,18-6+. The van der Waals surface area contributed by atoms with E-state index in [4.69, 9.17) is 6.58 Å². The lowest BCUT2D eigenvalue weighted by molar-refractivity contribution is 0.0994. The van der Waals surface area contributed by atoms with Gasteiger partial charge in [0.1, 0.15) is 5.70 Å². The molecule has 2 bridgehead atoms. The van der Waals surface area contributed by atoms with E-state index in [1.54, 1.807) is 0 Å². The Morgan fingerprint density at radius 2 is 2.33 bits per heavy atom. The number of aliphatic imine (C=N–C) groups is 1. The number of fused-ring (bicyclic) bond motifs is 2. The van der Waals surface area contributed by atoms with Crippen molar-refractivity contribution in [2.24, 2.45) is 16.8 Å². The monoisotopic (exact) mass is 473 g/mol. The molecule has 4 unspecified atom stereocenters. The van der Waals surface area contributed by atoms with E-state index >= 15 is 0 Å². The van der Waals surface area contributed by atoms with Gasteiger partial charge in [0.15, 0.2) is 0 Å². The molecule has 4 heteroatoms. The molecular formula is C23H28IN3. The number of hydrogen-bond acceptors (Lipinski definition) is 3. The molecular weight excluding hydrogens is 445 g/mol. The Kier molecular flexibility index (Phi) is 7.33. The lowest BCUT2D eigenvalue weighted by Gasteiger charge is -2.47. The van der Waals surface area contributed by atoms with Crippen LogP contribution < -0.4 is 5.32 Å². The molecule has 0 aromatic rings. The fourth-order valence-electron chi connectivity index (χ4n) is 4.51. The van der Waals surface area contributed by atoms with Gasteiger partial charge in [-0.2, -0.15) is 0 Å². The topological polar surface area (TPSA) is 27.6 Å². The summed E-state index contributed by atoms with van der Waals surface area (Å²) in [5.74, 6) is 1.01. The molecule has 3 nitrogen and oxygen atoms in total. The van der Waals surface area contributed by atoms with Crippen LogP contribution in [-0.4, -0.2) is 36.3 Å². The number of halogens is 1. The molecule has 0 spiro atoms. The Hall–Kier alpha value is -1.36. The average Bonchev–Trinajstić information content (AvgIpc) is 3.08. The average molecular weight is 473 g/mol. The molecule has 1 N–H and O–H groups in total. The van der Waals surface area contributed by atoms with Crippen molar-refractivity contribution in [2.75, 3.05) is 13.1 Å². The van der Waals surface area contributed by atoms with E-state index in [1.807, 2.05) is 22.4 Å². The van der Waals surface area contributed by atoms with Crippen LogP contribution in [0.4, 0.5) is 0 Å². The minimum absolute atomic E-state index is 0.337. The zero-order chi connectivity index (χ0) is 19.2. The number of hydrogen-bond donors (Lipinski definition) is 1. The third-order valence-electron chi connectivity index (χ3n) is 5.73. The largest absolute Gasteiger partial charge is 0.356 e. The summed E-state index contributed by atoms with van der Waals surface area (Å²) >= 11 is 2.21. The normalized spacial score (nSPS) is 30.1. The summed E-state index contributed by atoms with van der Waals surface area (Å²) in [6.07, 6.45) is 16.2. The predicted octanol–water partition coefficient (Wildman–Crippen LogP) is 4.76. The highest BCUT2D eigenvalue weighted by molar-refractivity contribution is 14.1. The van der Waals surface area contributed by atoms with Gasteiger partial charge in [-0.15, -0.1) is 0 Å². The van der Waals surface area contributed by atoms with Crippen LogP contribution in [0, 0.1) is 24.5 Å². The maximum atomic E-state index is 6.03. The van der Waals surface area contributed by atoms with E-state index < -0.39 is 0 Å². The summed E-state index contributed by atoms with van der Waals surface area (Å²) < 4.78 is 1.93. The first-order chi connectivity index (χ1) is 13.2. The minimum Gasteiger partial charge on any atom is -0.356 e. The van der Waals surface area contributed by atoms with Crippen molar-refractivity contribution in [1.82, 2.24) is 10.2 Å². The summed E-state index contributed by atoms with van der Waals surface area (Å²) in [4.78, 5) is 7.04. The number of nitrogens with zero attached hydrogens (tertiary/aromatic N) is 2. The summed E-state index contributed by atoms with van der Waals surface area (Å²) in [7, 11) is 0. The lowest BCUT2D eigenvalue weighted by atomic mass is 9.76. The fraction of sp³-hybridized carbons (Fsp3) is 0.478. The molecule has 2 fully saturated rings. The molecule has 2 heterocycles. The van der Waals surface area contributed by atoms with Crippen molar-refractivity contribution >= 4 is 28.8 Å². The molecule has 0 amide bonds. The van der Waals surface area contributed by atoms with E-state index in [2.05, 4.69) is 69.2 Å². The molecule has 142 valence electrons. The van der Waals surface area contributed by atoms with E-state index in [1.165, 1.54) is 19.3 Å². The van der Waals surface area contributed by atoms with Gasteiger partial charge >= 0.3 is 0 Å². The SMILES string of the molecule is [CH]=C=C(C1=CC(C)C=N1)N(C/C([C]=CI)=C/C=C)C1CCC2CC1CCN2. The van der Waals surface area contributed by atoms with Gasteiger partial charge in [0, 0.05) is 30.8 Å². The molecule has 3 rings (SSSR count). The first kappa shape index (κ1) is 20.4. The summed E-state index contributed by atoms with van der Waals surface area (Å²) in [5.41, 5.74) is 5.93. The Morgan fingerprint density at radius 3 is 3.00 bits per heavy atom. The molecule has 1 saturated carbocycles. The van der Waals surface area contributed by atoms with Crippen LogP contribution in [-0.2, 0) is 0 Å². The van der Waals surface area contributed by atoms with Crippen molar-refractivity contribution in [1.29, 1.82) is 0 Å². The van der Waals surface area contributed by atoms with Gasteiger partial charge in [0.25, 0.3) is 0 Å². The van der Waals surface area contributed by atoms with Crippen LogP contribution >= 0.6 is 22.6 Å². The van der Waals surface area contributed by atoms with Crippen LogP contribution in [0.25, 0.3) is 0 Å². The number of nitrogens with one attached hydrogen (secondary N) is 1. The highest BCUT2D eigenvalue weighted by atomic mass is 127. The summed E-state index contributed by atoms with van der Waals surface area (Å²) in [6, 6.07) is 1.12. The second kappa shape index (κ2) is 9.72. The maximum Gasteiger partial charge on any atom is 0.106 e. The van der Waals surface area contributed by atoms with Gasteiger partial charge in [-0.1, -0.05) is 54.0 Å². The molecule has 2 radical (unpaired) electrons. The second-order valence-corrected chi connectivity index (χ2v) is 8.19. The summed E-state index contributed by atoms with van der Waals surface area (Å²) in [5, 5.41) is 3.65. The Labute approximate surface area is 177 Å². The quantitative estimate of drug-likeness (QED) is 0.328. The van der Waals surface area contributed by atoms with Gasteiger partial charge in [-0.3, -0.25) is 4.99 Å². The number of rotatable bonds is 7. The van der Waals surface area contributed by atoms with Gasteiger partial charge in [-0.25, -0.2) is 0 Å². The Morgan fingerprint density at radius 1 is 1.48 bits per heavy atom. The molecule has 3 aliphatic rings. The molecule has 1 aliphatic carbocycles. The van der Waals surface area contributed by atoms with Crippen molar-refractivity contribution in [3.63, 3.8) is 0 Å². The zero-order valence-corrected chi connectivity index (χ0v) is 18.2. The van der Waals surface area contributed by atoms with Crippen molar-refractivity contribution in [3.05, 3.63) is 64.2 Å². The number of piperidine rings is 1. The van der Waals surface area contributed by atoms with Crippen molar-refractivity contribution in [3.8, 4) is 0 Å². The molecule has 27 heavy (non-hydrogen) atoms. The third-order valence-corrected chi connectivity index (χ3v) is 6.04. The molecule has 1 saturated heterocycles. The van der Waals surface area contributed by atoms with E-state index in [9.17, 15) is 0 Å². The predicted molar refractivity (Wildman–Crippen MR) is 121 cm³/mol. The molecule has 0 aromatic heterocycles. The minimum atomic E-state index is 0.337. The van der Waals surface area contributed by atoms with Gasteiger partial charge in [0.2, 0.25) is 0 Å².